The van der Waals surface area contributed by atoms with Gasteiger partial charge >= 0.3 is 0 Å². The Balaban J connectivity index is 2.46. The summed E-state index contributed by atoms with van der Waals surface area (Å²) in [5, 5.41) is 0. The molecule has 5 heteroatoms. The average Bonchev–Trinajstić information content (AvgIpc) is 2.28. The minimum atomic E-state index is -3.57. The van der Waals surface area contributed by atoms with Gasteiger partial charge in [0.1, 0.15) is 5.82 Å². The first-order valence-corrected chi connectivity index (χ1v) is 7.65. The second-order valence-corrected chi connectivity index (χ2v) is 6.51. The fraction of sp³-hybridized carbons (Fsp3) is 0.538. The van der Waals surface area contributed by atoms with Crippen LogP contribution in [0, 0.1) is 11.7 Å². The van der Waals surface area contributed by atoms with E-state index in [1.165, 1.54) is 18.2 Å². The molecule has 0 fully saturated rings. The van der Waals surface area contributed by atoms with Gasteiger partial charge in [0.05, 0.1) is 4.90 Å². The zero-order valence-electron chi connectivity index (χ0n) is 10.8. The first kappa shape index (κ1) is 15.1. The van der Waals surface area contributed by atoms with Crippen LogP contribution in [0.25, 0.3) is 0 Å². The van der Waals surface area contributed by atoms with E-state index in [2.05, 4.69) is 18.6 Å². The van der Waals surface area contributed by atoms with Gasteiger partial charge in [0.15, 0.2) is 0 Å². The van der Waals surface area contributed by atoms with Gasteiger partial charge in [-0.15, -0.1) is 0 Å². The van der Waals surface area contributed by atoms with Crippen molar-refractivity contribution >= 4 is 10.0 Å². The van der Waals surface area contributed by atoms with Crippen LogP contribution in [0.1, 0.15) is 33.1 Å². The number of hydrogen-bond acceptors (Lipinski definition) is 2. The van der Waals surface area contributed by atoms with Gasteiger partial charge in [-0.1, -0.05) is 32.8 Å². The number of rotatable bonds is 7. The lowest BCUT2D eigenvalue weighted by atomic mass is 10.1. The molecule has 18 heavy (non-hydrogen) atoms. The topological polar surface area (TPSA) is 46.2 Å². The molecule has 0 radical (unpaired) electrons. The molecule has 1 aromatic rings. The summed E-state index contributed by atoms with van der Waals surface area (Å²) in [5.41, 5.74) is 0. The monoisotopic (exact) mass is 273 g/mol. The van der Waals surface area contributed by atoms with E-state index in [9.17, 15) is 12.8 Å². The normalized spacial score (nSPS) is 12.0. The minimum Gasteiger partial charge on any atom is -0.211 e. The number of unbranched alkanes of at least 4 members (excludes halogenated alkanes) is 1. The van der Waals surface area contributed by atoms with Crippen LogP contribution in [0.4, 0.5) is 4.39 Å². The molecule has 1 N–H and O–H groups in total. The SMILES string of the molecule is CC(C)CCCCNS(=O)(=O)c1cccc(F)c1. The molecule has 0 spiro atoms. The molecule has 0 unspecified atom stereocenters. The summed E-state index contributed by atoms with van der Waals surface area (Å²) in [5.74, 6) is 0.0857. The van der Waals surface area contributed by atoms with Crippen molar-refractivity contribution in [3.8, 4) is 0 Å². The van der Waals surface area contributed by atoms with Crippen LogP contribution in [-0.2, 0) is 10.0 Å². The van der Waals surface area contributed by atoms with Crippen molar-refractivity contribution in [2.24, 2.45) is 5.92 Å². The number of hydrogen-bond donors (Lipinski definition) is 1. The fourth-order valence-electron chi connectivity index (χ4n) is 1.60. The molecule has 0 aliphatic carbocycles. The van der Waals surface area contributed by atoms with Crippen molar-refractivity contribution in [2.45, 2.75) is 38.0 Å². The van der Waals surface area contributed by atoms with E-state index in [0.29, 0.717) is 12.5 Å². The van der Waals surface area contributed by atoms with E-state index in [-0.39, 0.29) is 4.90 Å². The Kier molecular flexibility index (Phi) is 5.75. The summed E-state index contributed by atoms with van der Waals surface area (Å²) in [6.45, 7) is 4.67. The molecule has 0 saturated heterocycles. The van der Waals surface area contributed by atoms with E-state index < -0.39 is 15.8 Å². The molecule has 0 aliphatic rings. The van der Waals surface area contributed by atoms with E-state index in [4.69, 9.17) is 0 Å². The van der Waals surface area contributed by atoms with Gasteiger partial charge in [-0.3, -0.25) is 0 Å². The molecule has 102 valence electrons. The third-order valence-corrected chi connectivity index (χ3v) is 4.07. The van der Waals surface area contributed by atoms with E-state index in [1.807, 2.05) is 0 Å². The maximum atomic E-state index is 12.9. The molecule has 1 aromatic carbocycles. The molecular formula is C13H20FNO2S. The van der Waals surface area contributed by atoms with Crippen LogP contribution < -0.4 is 4.72 Å². The molecule has 0 aliphatic heterocycles. The van der Waals surface area contributed by atoms with Crippen LogP contribution in [0.15, 0.2) is 29.2 Å². The minimum absolute atomic E-state index is 0.0219. The number of halogens is 1. The smallest absolute Gasteiger partial charge is 0.211 e. The first-order chi connectivity index (χ1) is 8.42. The van der Waals surface area contributed by atoms with Gasteiger partial charge in [0, 0.05) is 6.54 Å². The highest BCUT2D eigenvalue weighted by atomic mass is 32.2. The van der Waals surface area contributed by atoms with Gasteiger partial charge in [0.25, 0.3) is 0 Å². The summed E-state index contributed by atoms with van der Waals surface area (Å²) < 4.78 is 39.0. The van der Waals surface area contributed by atoms with Crippen molar-refractivity contribution in [3.63, 3.8) is 0 Å². The van der Waals surface area contributed by atoms with Gasteiger partial charge in [-0.05, 0) is 30.5 Å². The molecule has 3 nitrogen and oxygen atoms in total. The molecule has 1 rings (SSSR count). The third-order valence-electron chi connectivity index (χ3n) is 2.61. The Hall–Kier alpha value is -0.940. The molecule has 0 heterocycles. The Morgan fingerprint density at radius 2 is 2.00 bits per heavy atom. The quantitative estimate of drug-likeness (QED) is 0.776. The summed E-state index contributed by atoms with van der Waals surface area (Å²) >= 11 is 0. The number of sulfonamides is 1. The predicted octanol–water partition coefficient (Wildman–Crippen LogP) is 2.93. The maximum Gasteiger partial charge on any atom is 0.240 e. The van der Waals surface area contributed by atoms with Crippen molar-refractivity contribution in [1.82, 2.24) is 4.72 Å². The van der Waals surface area contributed by atoms with Gasteiger partial charge in [-0.25, -0.2) is 17.5 Å². The maximum absolute atomic E-state index is 12.9. The number of benzene rings is 1. The Labute approximate surface area is 108 Å². The summed E-state index contributed by atoms with van der Waals surface area (Å²) in [6.07, 6.45) is 2.87. The summed E-state index contributed by atoms with van der Waals surface area (Å²) in [4.78, 5) is -0.0219. The predicted molar refractivity (Wildman–Crippen MR) is 70.3 cm³/mol. The molecule has 0 amide bonds. The molecule has 0 bridgehead atoms. The first-order valence-electron chi connectivity index (χ1n) is 6.17. The van der Waals surface area contributed by atoms with Crippen LogP contribution in [0.3, 0.4) is 0 Å². The largest absolute Gasteiger partial charge is 0.240 e. The zero-order valence-corrected chi connectivity index (χ0v) is 11.6. The molecule has 0 aromatic heterocycles. The van der Waals surface area contributed by atoms with Crippen molar-refractivity contribution in [1.29, 1.82) is 0 Å². The standard InChI is InChI=1S/C13H20FNO2S/c1-11(2)6-3-4-9-15-18(16,17)13-8-5-7-12(14)10-13/h5,7-8,10-11,15H,3-4,6,9H2,1-2H3. The van der Waals surface area contributed by atoms with Gasteiger partial charge < -0.3 is 0 Å². The Morgan fingerprint density at radius 1 is 1.28 bits per heavy atom. The van der Waals surface area contributed by atoms with Crippen molar-refractivity contribution < 1.29 is 12.8 Å². The zero-order chi connectivity index (χ0) is 13.6. The second-order valence-electron chi connectivity index (χ2n) is 4.74. The lowest BCUT2D eigenvalue weighted by molar-refractivity contribution is 0.530. The highest BCUT2D eigenvalue weighted by Crippen LogP contribution is 2.11. The van der Waals surface area contributed by atoms with Gasteiger partial charge in [0.2, 0.25) is 10.0 Å². The van der Waals surface area contributed by atoms with E-state index in [1.54, 1.807) is 0 Å². The third kappa shape index (κ3) is 5.14. The van der Waals surface area contributed by atoms with Crippen LogP contribution >= 0.6 is 0 Å². The highest BCUT2D eigenvalue weighted by Gasteiger charge is 2.13. The average molecular weight is 273 g/mol. The Bertz CT molecular complexity index is 472. The van der Waals surface area contributed by atoms with Crippen LogP contribution in [-0.4, -0.2) is 15.0 Å². The van der Waals surface area contributed by atoms with Crippen molar-refractivity contribution in [2.75, 3.05) is 6.54 Å². The summed E-state index contributed by atoms with van der Waals surface area (Å²) in [6, 6.07) is 5.03. The highest BCUT2D eigenvalue weighted by molar-refractivity contribution is 7.89. The summed E-state index contributed by atoms with van der Waals surface area (Å²) in [7, 11) is -3.57. The lowest BCUT2D eigenvalue weighted by Gasteiger charge is -2.07. The molecular weight excluding hydrogens is 253 g/mol. The Morgan fingerprint density at radius 3 is 2.61 bits per heavy atom. The number of nitrogens with one attached hydrogen (secondary N) is 1. The van der Waals surface area contributed by atoms with E-state index >= 15 is 0 Å². The van der Waals surface area contributed by atoms with Crippen LogP contribution in [0.2, 0.25) is 0 Å². The molecule has 0 saturated carbocycles. The molecule has 0 atom stereocenters. The van der Waals surface area contributed by atoms with Crippen LogP contribution in [0.5, 0.6) is 0 Å². The second kappa shape index (κ2) is 6.85. The van der Waals surface area contributed by atoms with Crippen molar-refractivity contribution in [3.05, 3.63) is 30.1 Å². The van der Waals surface area contributed by atoms with Gasteiger partial charge in [-0.2, -0.15) is 0 Å². The van der Waals surface area contributed by atoms with E-state index in [0.717, 1.165) is 25.3 Å². The lowest BCUT2D eigenvalue weighted by Crippen LogP contribution is -2.24. The fourth-order valence-corrected chi connectivity index (χ4v) is 2.71.